The minimum atomic E-state index is -0.430. The summed E-state index contributed by atoms with van der Waals surface area (Å²) in [5.41, 5.74) is 7.18. The van der Waals surface area contributed by atoms with Gasteiger partial charge in [-0.05, 0) is 25.1 Å². The Morgan fingerprint density at radius 2 is 2.14 bits per heavy atom. The van der Waals surface area contributed by atoms with E-state index >= 15 is 0 Å². The minimum absolute atomic E-state index is 0.0702. The number of benzene rings is 1. The Balaban J connectivity index is 2.20. The van der Waals surface area contributed by atoms with E-state index in [1.165, 1.54) is 18.5 Å². The van der Waals surface area contributed by atoms with Crippen LogP contribution in [0.5, 0.6) is 0 Å². The maximum Gasteiger partial charge on any atom is 0.275 e. The lowest BCUT2D eigenvalue weighted by Crippen LogP contribution is -2.16. The number of carbonyl (C=O) groups excluding carboxylic acids is 1. The van der Waals surface area contributed by atoms with Gasteiger partial charge in [0.1, 0.15) is 5.69 Å². The normalized spacial score (nSPS) is 11.2. The van der Waals surface area contributed by atoms with Crippen molar-refractivity contribution in [1.29, 1.82) is 0 Å². The van der Waals surface area contributed by atoms with Crippen molar-refractivity contribution < 1.29 is 10.0 Å². The van der Waals surface area contributed by atoms with Crippen molar-refractivity contribution in [2.75, 3.05) is 5.32 Å². The third-order valence-corrected chi connectivity index (χ3v) is 2.95. The van der Waals surface area contributed by atoms with Crippen molar-refractivity contribution in [2.45, 2.75) is 6.92 Å². The van der Waals surface area contributed by atoms with Crippen LogP contribution in [0.15, 0.2) is 35.7 Å². The number of aromatic nitrogens is 2. The number of carbonyl (C=O) groups is 1. The monoisotopic (exact) mass is 305 g/mol. The molecule has 2 aromatic rings. The van der Waals surface area contributed by atoms with Crippen molar-refractivity contribution in [3.05, 3.63) is 52.6 Å². The van der Waals surface area contributed by atoms with Crippen LogP contribution in [0.2, 0.25) is 5.02 Å². The molecule has 0 radical (unpaired) electrons. The quantitative estimate of drug-likeness (QED) is 0.346. The van der Waals surface area contributed by atoms with Gasteiger partial charge in [-0.15, -0.1) is 0 Å². The summed E-state index contributed by atoms with van der Waals surface area (Å²) in [6.07, 6.45) is 2.88. The molecule has 0 aliphatic heterocycles. The number of nitrogens with one attached hydrogen (secondary N) is 1. The molecule has 4 N–H and O–H groups in total. The maximum absolute atomic E-state index is 12.0. The molecule has 0 aliphatic carbocycles. The fraction of sp³-hybridized carbons (Fsp3) is 0.0769. The Hall–Kier alpha value is -2.67. The number of amidine groups is 1. The molecule has 0 aliphatic rings. The number of hydrogen-bond acceptors (Lipinski definition) is 5. The van der Waals surface area contributed by atoms with E-state index in [9.17, 15) is 4.79 Å². The first-order valence-corrected chi connectivity index (χ1v) is 6.26. The molecule has 2 rings (SSSR count). The van der Waals surface area contributed by atoms with Crippen LogP contribution in [0.1, 0.15) is 21.7 Å². The zero-order valence-electron chi connectivity index (χ0n) is 11.0. The fourth-order valence-electron chi connectivity index (χ4n) is 1.53. The smallest absolute Gasteiger partial charge is 0.275 e. The Bertz CT molecular complexity index is 700. The summed E-state index contributed by atoms with van der Waals surface area (Å²) < 4.78 is 0. The molecular weight excluding hydrogens is 294 g/mol. The second-order valence-electron chi connectivity index (χ2n) is 4.18. The highest BCUT2D eigenvalue weighted by Gasteiger charge is 2.11. The molecule has 0 unspecified atom stereocenters. The van der Waals surface area contributed by atoms with Gasteiger partial charge in [0, 0.05) is 11.8 Å². The predicted octanol–water partition coefficient (Wildman–Crippen LogP) is 1.79. The molecule has 8 heteroatoms. The number of anilines is 1. The van der Waals surface area contributed by atoms with E-state index < -0.39 is 5.91 Å². The van der Waals surface area contributed by atoms with E-state index in [0.29, 0.717) is 16.9 Å². The maximum atomic E-state index is 12.0. The zero-order chi connectivity index (χ0) is 15.4. The van der Waals surface area contributed by atoms with Gasteiger partial charge in [0.2, 0.25) is 0 Å². The lowest BCUT2D eigenvalue weighted by Gasteiger charge is -2.08. The standard InChI is InChI=1S/C13H12ClN5O2/c1-7-5-17-11(6-16-7)13(20)18-10-3-2-8(4-9(10)14)12(15)19-21/h2-6,21H,1H3,(H2,15,19)(H,18,20). The summed E-state index contributed by atoms with van der Waals surface area (Å²) in [5, 5.41) is 14.3. The van der Waals surface area contributed by atoms with Gasteiger partial charge in [-0.3, -0.25) is 9.78 Å². The molecular formula is C13H12ClN5O2. The molecule has 0 atom stereocenters. The third kappa shape index (κ3) is 3.46. The summed E-state index contributed by atoms with van der Waals surface area (Å²) in [4.78, 5) is 20.0. The van der Waals surface area contributed by atoms with Crippen molar-refractivity contribution in [1.82, 2.24) is 9.97 Å². The van der Waals surface area contributed by atoms with E-state index in [1.54, 1.807) is 19.1 Å². The molecule has 0 saturated heterocycles. The molecule has 1 aromatic heterocycles. The Morgan fingerprint density at radius 3 is 2.71 bits per heavy atom. The summed E-state index contributed by atoms with van der Waals surface area (Å²) in [6, 6.07) is 4.60. The predicted molar refractivity (Wildman–Crippen MR) is 78.7 cm³/mol. The van der Waals surface area contributed by atoms with Gasteiger partial charge in [-0.1, -0.05) is 16.8 Å². The number of halogens is 1. The topological polar surface area (TPSA) is 113 Å². The average molecular weight is 306 g/mol. The van der Waals surface area contributed by atoms with Crippen LogP contribution in [-0.4, -0.2) is 26.9 Å². The van der Waals surface area contributed by atoms with E-state index in [1.807, 2.05) is 0 Å². The summed E-state index contributed by atoms with van der Waals surface area (Å²) >= 11 is 6.04. The molecule has 0 spiro atoms. The second kappa shape index (κ2) is 6.19. The number of nitrogens with two attached hydrogens (primary N) is 1. The van der Waals surface area contributed by atoms with E-state index in [4.69, 9.17) is 22.5 Å². The number of hydrogen-bond donors (Lipinski definition) is 3. The van der Waals surface area contributed by atoms with Gasteiger partial charge < -0.3 is 16.3 Å². The largest absolute Gasteiger partial charge is 0.409 e. The summed E-state index contributed by atoms with van der Waals surface area (Å²) in [5.74, 6) is -0.500. The highest BCUT2D eigenvalue weighted by Crippen LogP contribution is 2.23. The van der Waals surface area contributed by atoms with Crippen molar-refractivity contribution in [3.8, 4) is 0 Å². The van der Waals surface area contributed by atoms with E-state index in [0.717, 1.165) is 0 Å². The Morgan fingerprint density at radius 1 is 1.38 bits per heavy atom. The molecule has 1 amide bonds. The number of nitrogens with zero attached hydrogens (tertiary/aromatic N) is 3. The minimum Gasteiger partial charge on any atom is -0.409 e. The van der Waals surface area contributed by atoms with Gasteiger partial charge in [-0.2, -0.15) is 0 Å². The number of oxime groups is 1. The highest BCUT2D eigenvalue weighted by molar-refractivity contribution is 6.34. The van der Waals surface area contributed by atoms with Crippen LogP contribution in [0, 0.1) is 6.92 Å². The first-order valence-electron chi connectivity index (χ1n) is 5.88. The van der Waals surface area contributed by atoms with Gasteiger partial charge in [0.15, 0.2) is 5.84 Å². The fourth-order valence-corrected chi connectivity index (χ4v) is 1.76. The average Bonchev–Trinajstić information content (AvgIpc) is 2.49. The molecule has 7 nitrogen and oxygen atoms in total. The van der Waals surface area contributed by atoms with Gasteiger partial charge in [0.25, 0.3) is 5.91 Å². The number of rotatable bonds is 3. The van der Waals surface area contributed by atoms with Crippen molar-refractivity contribution in [3.63, 3.8) is 0 Å². The second-order valence-corrected chi connectivity index (χ2v) is 4.58. The van der Waals surface area contributed by atoms with Crippen LogP contribution in [0.4, 0.5) is 5.69 Å². The number of aryl methyl sites for hydroxylation is 1. The zero-order valence-corrected chi connectivity index (χ0v) is 11.8. The summed E-state index contributed by atoms with van der Waals surface area (Å²) in [6.45, 7) is 1.78. The van der Waals surface area contributed by atoms with Crippen molar-refractivity contribution >= 4 is 29.0 Å². The lowest BCUT2D eigenvalue weighted by atomic mass is 10.2. The molecule has 21 heavy (non-hydrogen) atoms. The van der Waals surface area contributed by atoms with Crippen LogP contribution in [0.25, 0.3) is 0 Å². The van der Waals surface area contributed by atoms with Crippen LogP contribution in [0.3, 0.4) is 0 Å². The molecule has 1 aromatic carbocycles. The number of amides is 1. The Kier molecular flexibility index (Phi) is 4.34. The van der Waals surface area contributed by atoms with E-state index in [2.05, 4.69) is 20.4 Å². The Labute approximate surface area is 125 Å². The van der Waals surface area contributed by atoms with Crippen LogP contribution < -0.4 is 11.1 Å². The lowest BCUT2D eigenvalue weighted by molar-refractivity contribution is 0.102. The molecule has 0 fully saturated rings. The van der Waals surface area contributed by atoms with Gasteiger partial charge in [0.05, 0.1) is 22.6 Å². The molecule has 1 heterocycles. The molecule has 108 valence electrons. The molecule has 0 bridgehead atoms. The summed E-state index contributed by atoms with van der Waals surface area (Å²) in [7, 11) is 0. The first-order chi connectivity index (χ1) is 10.0. The van der Waals surface area contributed by atoms with Crippen LogP contribution in [-0.2, 0) is 0 Å². The van der Waals surface area contributed by atoms with Gasteiger partial charge in [-0.25, -0.2) is 4.98 Å². The highest BCUT2D eigenvalue weighted by atomic mass is 35.5. The van der Waals surface area contributed by atoms with Gasteiger partial charge >= 0.3 is 0 Å². The van der Waals surface area contributed by atoms with E-state index in [-0.39, 0.29) is 16.6 Å². The van der Waals surface area contributed by atoms with Crippen LogP contribution >= 0.6 is 11.6 Å². The SMILES string of the molecule is Cc1cnc(C(=O)Nc2ccc(/C(N)=N/O)cc2Cl)cn1. The first kappa shape index (κ1) is 14.7. The van der Waals surface area contributed by atoms with Crippen molar-refractivity contribution in [2.24, 2.45) is 10.9 Å². The molecule has 0 saturated carbocycles. The third-order valence-electron chi connectivity index (χ3n) is 2.63.